The lowest BCUT2D eigenvalue weighted by atomic mass is 9.88. The van der Waals surface area contributed by atoms with E-state index in [1.807, 2.05) is 0 Å². The Morgan fingerprint density at radius 3 is 2.57 bits per heavy atom. The first-order valence-electron chi connectivity index (χ1n) is 7.60. The zero-order valence-electron chi connectivity index (χ0n) is 11.7. The molecule has 112 valence electrons. The summed E-state index contributed by atoms with van der Waals surface area (Å²) in [6, 6.07) is 3.48. The van der Waals surface area contributed by atoms with Crippen LogP contribution in [0.5, 0.6) is 11.5 Å². The third-order valence-electron chi connectivity index (χ3n) is 4.96. The van der Waals surface area contributed by atoms with Gasteiger partial charge in [0.1, 0.15) is 13.2 Å². The van der Waals surface area contributed by atoms with Gasteiger partial charge in [0.2, 0.25) is 5.91 Å². The molecule has 5 heteroatoms. The molecule has 1 aliphatic heterocycles. The summed E-state index contributed by atoms with van der Waals surface area (Å²) in [7, 11) is 0. The van der Waals surface area contributed by atoms with Gasteiger partial charge in [0.25, 0.3) is 0 Å². The fourth-order valence-electron chi connectivity index (χ4n) is 3.95. The van der Waals surface area contributed by atoms with Gasteiger partial charge in [0, 0.05) is 18.1 Å². The van der Waals surface area contributed by atoms with E-state index < -0.39 is 0 Å². The maximum atomic E-state index is 12.5. The second-order valence-corrected chi connectivity index (χ2v) is 6.65. The van der Waals surface area contributed by atoms with Crippen LogP contribution in [0.3, 0.4) is 0 Å². The van der Waals surface area contributed by atoms with Gasteiger partial charge in [-0.2, -0.15) is 0 Å². The summed E-state index contributed by atoms with van der Waals surface area (Å²) in [6.45, 7) is 1.05. The van der Waals surface area contributed by atoms with Crippen molar-refractivity contribution in [3.8, 4) is 11.5 Å². The lowest BCUT2D eigenvalue weighted by molar-refractivity contribution is -0.121. The number of hydrogen-bond acceptors (Lipinski definition) is 3. The van der Waals surface area contributed by atoms with Gasteiger partial charge >= 0.3 is 0 Å². The van der Waals surface area contributed by atoms with Crippen LogP contribution in [0.4, 0.5) is 5.69 Å². The quantitative estimate of drug-likeness (QED) is 0.910. The molecule has 2 fully saturated rings. The number of halogens is 1. The van der Waals surface area contributed by atoms with Crippen molar-refractivity contribution in [3.05, 3.63) is 17.2 Å². The highest BCUT2D eigenvalue weighted by Crippen LogP contribution is 2.49. The van der Waals surface area contributed by atoms with Crippen LogP contribution in [0.25, 0.3) is 0 Å². The largest absolute Gasteiger partial charge is 0.486 e. The molecule has 0 saturated heterocycles. The molecule has 3 unspecified atom stereocenters. The molecule has 1 aromatic carbocycles. The van der Waals surface area contributed by atoms with E-state index >= 15 is 0 Å². The Morgan fingerprint density at radius 1 is 1.14 bits per heavy atom. The third-order valence-corrected chi connectivity index (χ3v) is 5.28. The van der Waals surface area contributed by atoms with Crippen LogP contribution >= 0.6 is 11.6 Å². The summed E-state index contributed by atoms with van der Waals surface area (Å²) < 4.78 is 11.0. The molecule has 0 radical (unpaired) electrons. The lowest BCUT2D eigenvalue weighted by Crippen LogP contribution is -2.27. The van der Waals surface area contributed by atoms with Crippen LogP contribution in [0.2, 0.25) is 5.02 Å². The molecule has 1 N–H and O–H groups in total. The SMILES string of the molecule is O=C(Nc1cc2c(cc1Cl)OCCO2)C1CC2CCC1C2. The molecule has 0 aromatic heterocycles. The van der Waals surface area contributed by atoms with Crippen molar-refractivity contribution in [2.75, 3.05) is 18.5 Å². The number of rotatable bonds is 2. The highest BCUT2D eigenvalue weighted by molar-refractivity contribution is 6.34. The molecule has 1 amide bonds. The van der Waals surface area contributed by atoms with Gasteiger partial charge < -0.3 is 14.8 Å². The number of hydrogen-bond donors (Lipinski definition) is 1. The summed E-state index contributed by atoms with van der Waals surface area (Å²) in [6.07, 6.45) is 4.72. The molecule has 2 bridgehead atoms. The van der Waals surface area contributed by atoms with Crippen molar-refractivity contribution in [1.29, 1.82) is 0 Å². The lowest BCUT2D eigenvalue weighted by Gasteiger charge is -2.23. The van der Waals surface area contributed by atoms with E-state index in [1.54, 1.807) is 12.1 Å². The van der Waals surface area contributed by atoms with Gasteiger partial charge in [-0.05, 0) is 31.1 Å². The van der Waals surface area contributed by atoms with Crippen LogP contribution < -0.4 is 14.8 Å². The van der Waals surface area contributed by atoms with Gasteiger partial charge in [-0.3, -0.25) is 4.79 Å². The topological polar surface area (TPSA) is 47.6 Å². The molecule has 21 heavy (non-hydrogen) atoms. The molecule has 2 aliphatic carbocycles. The van der Waals surface area contributed by atoms with Gasteiger partial charge in [0.05, 0.1) is 10.7 Å². The summed E-state index contributed by atoms with van der Waals surface area (Å²) in [5, 5.41) is 3.48. The minimum Gasteiger partial charge on any atom is -0.486 e. The number of ether oxygens (including phenoxy) is 2. The molecule has 1 heterocycles. The van der Waals surface area contributed by atoms with Gasteiger partial charge in [-0.15, -0.1) is 0 Å². The standard InChI is InChI=1S/C16H18ClNO3/c17-12-7-14-15(21-4-3-20-14)8-13(12)18-16(19)11-6-9-1-2-10(11)5-9/h7-11H,1-6H2,(H,18,19). The maximum absolute atomic E-state index is 12.5. The Balaban J connectivity index is 1.53. The zero-order chi connectivity index (χ0) is 14.4. The monoisotopic (exact) mass is 307 g/mol. The molecule has 3 aliphatic rings. The van der Waals surface area contributed by atoms with Gasteiger partial charge in [-0.25, -0.2) is 0 Å². The number of amides is 1. The highest BCUT2D eigenvalue weighted by atomic mass is 35.5. The van der Waals surface area contributed by atoms with Crippen molar-refractivity contribution in [2.45, 2.75) is 25.7 Å². The molecular weight excluding hydrogens is 290 g/mol. The fraction of sp³-hybridized carbons (Fsp3) is 0.562. The summed E-state index contributed by atoms with van der Waals surface area (Å²) in [4.78, 5) is 12.5. The number of fused-ring (bicyclic) bond motifs is 3. The normalized spacial score (nSPS) is 29.5. The number of nitrogens with one attached hydrogen (secondary N) is 1. The first kappa shape index (κ1) is 13.3. The van der Waals surface area contributed by atoms with E-state index in [1.165, 1.54) is 19.3 Å². The molecule has 3 atom stereocenters. The van der Waals surface area contributed by atoms with Gasteiger partial charge in [0.15, 0.2) is 11.5 Å². The van der Waals surface area contributed by atoms with E-state index in [0.717, 1.165) is 12.3 Å². The van der Waals surface area contributed by atoms with E-state index in [4.69, 9.17) is 21.1 Å². The van der Waals surface area contributed by atoms with Crippen molar-refractivity contribution in [2.24, 2.45) is 17.8 Å². The summed E-state index contributed by atoms with van der Waals surface area (Å²) in [5.74, 6) is 2.85. The first-order chi connectivity index (χ1) is 10.2. The highest BCUT2D eigenvalue weighted by Gasteiger charge is 2.43. The first-order valence-corrected chi connectivity index (χ1v) is 7.98. The average molecular weight is 308 g/mol. The number of carbonyl (C=O) groups excluding carboxylic acids is 1. The van der Waals surface area contributed by atoms with Crippen molar-refractivity contribution < 1.29 is 14.3 Å². The van der Waals surface area contributed by atoms with E-state index in [-0.39, 0.29) is 11.8 Å². The van der Waals surface area contributed by atoms with Crippen LogP contribution in [0.15, 0.2) is 12.1 Å². The zero-order valence-corrected chi connectivity index (χ0v) is 12.5. The Labute approximate surface area is 128 Å². The van der Waals surface area contributed by atoms with Crippen molar-refractivity contribution >= 4 is 23.2 Å². The minimum atomic E-state index is 0.0979. The predicted molar refractivity (Wildman–Crippen MR) is 80.0 cm³/mol. The fourth-order valence-corrected chi connectivity index (χ4v) is 4.15. The predicted octanol–water partition coefficient (Wildman–Crippen LogP) is 3.49. The van der Waals surface area contributed by atoms with E-state index in [9.17, 15) is 4.79 Å². The molecule has 2 saturated carbocycles. The maximum Gasteiger partial charge on any atom is 0.227 e. The average Bonchev–Trinajstić information content (AvgIpc) is 3.10. The summed E-state index contributed by atoms with van der Waals surface area (Å²) >= 11 is 6.24. The minimum absolute atomic E-state index is 0.0979. The Kier molecular flexibility index (Phi) is 3.21. The van der Waals surface area contributed by atoms with Gasteiger partial charge in [-0.1, -0.05) is 18.0 Å². The Hall–Kier alpha value is -1.42. The van der Waals surface area contributed by atoms with Crippen LogP contribution in [-0.4, -0.2) is 19.1 Å². The second kappa shape index (κ2) is 5.09. The molecule has 4 nitrogen and oxygen atoms in total. The van der Waals surface area contributed by atoms with Crippen LogP contribution in [0.1, 0.15) is 25.7 Å². The Morgan fingerprint density at radius 2 is 1.90 bits per heavy atom. The number of benzene rings is 1. The van der Waals surface area contributed by atoms with Crippen LogP contribution in [0, 0.1) is 17.8 Å². The molecule has 0 spiro atoms. The van der Waals surface area contributed by atoms with Crippen molar-refractivity contribution in [1.82, 2.24) is 0 Å². The second-order valence-electron chi connectivity index (χ2n) is 6.25. The smallest absolute Gasteiger partial charge is 0.227 e. The third kappa shape index (κ3) is 2.35. The van der Waals surface area contributed by atoms with Crippen molar-refractivity contribution in [3.63, 3.8) is 0 Å². The molecule has 1 aromatic rings. The van der Waals surface area contributed by atoms with Crippen LogP contribution in [-0.2, 0) is 4.79 Å². The molecule has 4 rings (SSSR count). The molecular formula is C16H18ClNO3. The summed E-state index contributed by atoms with van der Waals surface area (Å²) in [5.41, 5.74) is 0.619. The van der Waals surface area contributed by atoms with E-state index in [2.05, 4.69) is 5.32 Å². The Bertz CT molecular complexity index is 589. The number of anilines is 1. The van der Waals surface area contributed by atoms with E-state index in [0.29, 0.717) is 41.3 Å². The number of carbonyl (C=O) groups is 1.